The molecule has 2 aliphatic heterocycles. The Hall–Kier alpha value is -1.35. The first kappa shape index (κ1) is 11.7. The number of piperidine rings is 1. The average Bonchev–Trinajstić information content (AvgIpc) is 2.63. The van der Waals surface area contributed by atoms with Crippen molar-refractivity contribution in [2.45, 2.75) is 37.3 Å². The van der Waals surface area contributed by atoms with Crippen molar-refractivity contribution in [2.24, 2.45) is 5.92 Å². The molecule has 1 aromatic rings. The number of aliphatic carboxylic acids is 1. The molecule has 2 saturated heterocycles. The van der Waals surface area contributed by atoms with Crippen LogP contribution in [0.1, 0.15) is 30.7 Å². The van der Waals surface area contributed by atoms with E-state index in [1.54, 1.807) is 0 Å². The fraction of sp³-hybridized carbons (Fsp3) is 0.533. The van der Waals surface area contributed by atoms with Crippen molar-refractivity contribution in [3.63, 3.8) is 0 Å². The Kier molecular flexibility index (Phi) is 2.86. The van der Waals surface area contributed by atoms with Crippen LogP contribution in [-0.4, -0.2) is 35.1 Å². The van der Waals surface area contributed by atoms with Crippen LogP contribution in [0.4, 0.5) is 0 Å². The van der Waals surface area contributed by atoms with Gasteiger partial charge in [-0.05, 0) is 31.9 Å². The number of nitrogens with zero attached hydrogens (tertiary/aromatic N) is 1. The topological polar surface area (TPSA) is 40.5 Å². The second kappa shape index (κ2) is 4.39. The van der Waals surface area contributed by atoms with Gasteiger partial charge in [0, 0.05) is 18.0 Å². The number of carbonyl (C=O) groups is 1. The molecular weight excluding hydrogens is 226 g/mol. The molecule has 2 fully saturated rings. The van der Waals surface area contributed by atoms with E-state index in [4.69, 9.17) is 0 Å². The van der Waals surface area contributed by atoms with Crippen LogP contribution in [0.2, 0.25) is 0 Å². The highest BCUT2D eigenvalue weighted by molar-refractivity contribution is 5.72. The highest BCUT2D eigenvalue weighted by atomic mass is 16.4. The molecule has 1 aromatic carbocycles. The zero-order valence-electron chi connectivity index (χ0n) is 10.6. The smallest absolute Gasteiger partial charge is 0.307 e. The maximum Gasteiger partial charge on any atom is 0.307 e. The fourth-order valence-electron chi connectivity index (χ4n) is 3.85. The molecule has 0 amide bonds. The lowest BCUT2D eigenvalue weighted by Crippen LogP contribution is -2.47. The van der Waals surface area contributed by atoms with Crippen molar-refractivity contribution in [1.82, 2.24) is 4.90 Å². The van der Waals surface area contributed by atoms with Crippen molar-refractivity contribution >= 4 is 5.97 Å². The molecule has 0 radical (unpaired) electrons. The van der Waals surface area contributed by atoms with Crippen molar-refractivity contribution in [2.75, 3.05) is 7.05 Å². The fourth-order valence-corrected chi connectivity index (χ4v) is 3.85. The number of carboxylic acids is 1. The van der Waals surface area contributed by atoms with Gasteiger partial charge in [0.05, 0.1) is 5.92 Å². The van der Waals surface area contributed by atoms with E-state index in [2.05, 4.69) is 24.1 Å². The minimum Gasteiger partial charge on any atom is -0.481 e. The summed E-state index contributed by atoms with van der Waals surface area (Å²) in [6, 6.07) is 11.0. The van der Waals surface area contributed by atoms with Crippen LogP contribution in [0.15, 0.2) is 30.3 Å². The van der Waals surface area contributed by atoms with E-state index >= 15 is 0 Å². The summed E-state index contributed by atoms with van der Waals surface area (Å²) in [7, 11) is 2.15. The zero-order valence-corrected chi connectivity index (χ0v) is 10.6. The Labute approximate surface area is 107 Å². The molecule has 3 heteroatoms. The molecule has 0 aliphatic carbocycles. The molecule has 3 unspecified atom stereocenters. The Morgan fingerprint density at radius 2 is 2.00 bits per heavy atom. The van der Waals surface area contributed by atoms with E-state index in [1.165, 1.54) is 5.56 Å². The summed E-state index contributed by atoms with van der Waals surface area (Å²) in [5, 5.41) is 9.50. The summed E-state index contributed by atoms with van der Waals surface area (Å²) in [6.45, 7) is 0. The van der Waals surface area contributed by atoms with Gasteiger partial charge in [0.15, 0.2) is 0 Å². The lowest BCUT2D eigenvalue weighted by atomic mass is 9.76. The zero-order chi connectivity index (χ0) is 12.7. The van der Waals surface area contributed by atoms with Crippen LogP contribution >= 0.6 is 0 Å². The monoisotopic (exact) mass is 245 g/mol. The van der Waals surface area contributed by atoms with Crippen molar-refractivity contribution in [1.29, 1.82) is 0 Å². The molecule has 0 saturated carbocycles. The molecule has 3 rings (SSSR count). The predicted octanol–water partition coefficient (Wildman–Crippen LogP) is 2.34. The van der Waals surface area contributed by atoms with E-state index in [9.17, 15) is 9.90 Å². The first-order chi connectivity index (χ1) is 8.68. The molecule has 4 atom stereocenters. The first-order valence-corrected chi connectivity index (χ1v) is 6.68. The molecule has 1 N–H and O–H groups in total. The minimum atomic E-state index is -0.631. The maximum atomic E-state index is 11.5. The van der Waals surface area contributed by atoms with Gasteiger partial charge in [-0.1, -0.05) is 30.3 Å². The normalized spacial score (nSPS) is 35.6. The molecule has 2 bridgehead atoms. The van der Waals surface area contributed by atoms with Gasteiger partial charge in [-0.15, -0.1) is 0 Å². The second-order valence-corrected chi connectivity index (χ2v) is 5.58. The van der Waals surface area contributed by atoms with Crippen molar-refractivity contribution in [3.05, 3.63) is 35.9 Å². The average molecular weight is 245 g/mol. The van der Waals surface area contributed by atoms with Crippen LogP contribution in [0.25, 0.3) is 0 Å². The van der Waals surface area contributed by atoms with Gasteiger partial charge in [0.1, 0.15) is 0 Å². The summed E-state index contributed by atoms with van der Waals surface area (Å²) >= 11 is 0. The second-order valence-electron chi connectivity index (χ2n) is 5.58. The van der Waals surface area contributed by atoms with Crippen LogP contribution in [0, 0.1) is 5.92 Å². The third-order valence-corrected chi connectivity index (χ3v) is 4.77. The quantitative estimate of drug-likeness (QED) is 0.869. The van der Waals surface area contributed by atoms with Crippen LogP contribution in [0.3, 0.4) is 0 Å². The van der Waals surface area contributed by atoms with Crippen LogP contribution in [-0.2, 0) is 4.79 Å². The van der Waals surface area contributed by atoms with Gasteiger partial charge >= 0.3 is 5.97 Å². The van der Waals surface area contributed by atoms with Gasteiger partial charge in [-0.2, -0.15) is 0 Å². The summed E-state index contributed by atoms with van der Waals surface area (Å²) in [6.07, 6.45) is 3.07. The third-order valence-electron chi connectivity index (χ3n) is 4.77. The number of carboxylic acid groups (broad SMARTS) is 1. The van der Waals surface area contributed by atoms with Gasteiger partial charge in [0.2, 0.25) is 0 Å². The molecule has 3 nitrogen and oxygen atoms in total. The number of hydrogen-bond donors (Lipinski definition) is 1. The SMILES string of the molecule is CN1C2CC[C@@H]1C(c1ccccc1)C(C(=O)O)C2. The maximum absolute atomic E-state index is 11.5. The van der Waals surface area contributed by atoms with Crippen molar-refractivity contribution < 1.29 is 9.90 Å². The van der Waals surface area contributed by atoms with E-state index in [1.807, 2.05) is 18.2 Å². The lowest BCUT2D eigenvalue weighted by Gasteiger charge is -2.41. The summed E-state index contributed by atoms with van der Waals surface area (Å²) in [5.74, 6) is -0.706. The van der Waals surface area contributed by atoms with E-state index in [0.29, 0.717) is 12.1 Å². The molecule has 0 aromatic heterocycles. The highest BCUT2D eigenvalue weighted by Crippen LogP contribution is 2.46. The van der Waals surface area contributed by atoms with E-state index in [0.717, 1.165) is 19.3 Å². The molecule has 18 heavy (non-hydrogen) atoms. The summed E-state index contributed by atoms with van der Waals surface area (Å²) in [4.78, 5) is 13.9. The van der Waals surface area contributed by atoms with Gasteiger partial charge in [0.25, 0.3) is 0 Å². The van der Waals surface area contributed by atoms with Crippen LogP contribution in [0.5, 0.6) is 0 Å². The summed E-state index contributed by atoms with van der Waals surface area (Å²) < 4.78 is 0. The number of benzene rings is 1. The molecule has 96 valence electrons. The number of hydrogen-bond acceptors (Lipinski definition) is 2. The highest BCUT2D eigenvalue weighted by Gasteiger charge is 2.48. The number of likely N-dealkylation sites (N-methyl/N-ethyl adjacent to an activating group) is 1. The Bertz CT molecular complexity index is 445. The Morgan fingerprint density at radius 3 is 2.67 bits per heavy atom. The van der Waals surface area contributed by atoms with Gasteiger partial charge in [-0.3, -0.25) is 9.69 Å². The lowest BCUT2D eigenvalue weighted by molar-refractivity contribution is -0.145. The van der Waals surface area contributed by atoms with Crippen molar-refractivity contribution in [3.8, 4) is 0 Å². The molecule has 2 aliphatic rings. The Morgan fingerprint density at radius 1 is 1.28 bits per heavy atom. The molecule has 2 heterocycles. The number of fused-ring (bicyclic) bond motifs is 2. The largest absolute Gasteiger partial charge is 0.481 e. The standard InChI is InChI=1S/C15H19NO2/c1-16-11-7-8-13(16)14(12(9-11)15(17)18)10-5-3-2-4-6-10/h2-6,11-14H,7-9H2,1H3,(H,17,18)/t11?,12?,13-,14?/m1/s1. The Balaban J connectivity index is 1.99. The van der Waals surface area contributed by atoms with Crippen LogP contribution < -0.4 is 0 Å². The first-order valence-electron chi connectivity index (χ1n) is 6.68. The summed E-state index contributed by atoms with van der Waals surface area (Å²) in [5.41, 5.74) is 1.18. The molecule has 0 spiro atoms. The molecular formula is C15H19NO2. The predicted molar refractivity (Wildman–Crippen MR) is 69.5 cm³/mol. The van der Waals surface area contributed by atoms with Gasteiger partial charge < -0.3 is 5.11 Å². The third kappa shape index (κ3) is 1.74. The van der Waals surface area contributed by atoms with E-state index in [-0.39, 0.29) is 11.8 Å². The minimum absolute atomic E-state index is 0.146. The van der Waals surface area contributed by atoms with E-state index < -0.39 is 5.97 Å². The van der Waals surface area contributed by atoms with Gasteiger partial charge in [-0.25, -0.2) is 0 Å². The number of rotatable bonds is 2.